The maximum atomic E-state index is 12.2. The summed E-state index contributed by atoms with van der Waals surface area (Å²) in [7, 11) is 1.71. The van der Waals surface area contributed by atoms with Crippen molar-refractivity contribution in [1.82, 2.24) is 9.88 Å². The molecule has 1 aromatic carbocycles. The number of thiazole rings is 1. The van der Waals surface area contributed by atoms with Crippen LogP contribution in [0, 0.1) is 0 Å². The number of carbonyl (C=O) groups excluding carboxylic acids is 1. The highest BCUT2D eigenvalue weighted by Crippen LogP contribution is 2.20. The molecule has 2 rings (SSSR count). The predicted octanol–water partition coefficient (Wildman–Crippen LogP) is 2.44. The number of likely N-dealkylation sites (N-methyl/N-ethyl adjacent to an activating group) is 1. The molecule has 1 aromatic heterocycles. The quantitative estimate of drug-likeness (QED) is 0.920. The Hall–Kier alpha value is -1.72. The second kappa shape index (κ2) is 6.63. The Morgan fingerprint density at radius 1 is 1.40 bits per heavy atom. The van der Waals surface area contributed by atoms with E-state index in [0.717, 1.165) is 5.01 Å². The first-order chi connectivity index (χ1) is 9.59. The zero-order chi connectivity index (χ0) is 14.5. The summed E-state index contributed by atoms with van der Waals surface area (Å²) < 4.78 is 0. The van der Waals surface area contributed by atoms with Crippen LogP contribution in [0.15, 0.2) is 41.9 Å². The Morgan fingerprint density at radius 3 is 2.70 bits per heavy atom. The molecule has 1 heterocycles. The van der Waals surface area contributed by atoms with E-state index in [1.807, 2.05) is 30.5 Å². The molecule has 0 bridgehead atoms. The first kappa shape index (κ1) is 14.7. The van der Waals surface area contributed by atoms with E-state index in [-0.39, 0.29) is 11.8 Å². The van der Waals surface area contributed by atoms with Gasteiger partial charge in [-0.25, -0.2) is 4.98 Å². The highest BCUT2D eigenvalue weighted by Gasteiger charge is 2.23. The number of aromatic nitrogens is 1. The third-order valence-corrected chi connectivity index (χ3v) is 4.15. The molecule has 2 atom stereocenters. The van der Waals surface area contributed by atoms with Crippen LogP contribution in [0.25, 0.3) is 0 Å². The lowest BCUT2D eigenvalue weighted by Gasteiger charge is -2.23. The van der Waals surface area contributed by atoms with Gasteiger partial charge in [-0.15, -0.1) is 11.3 Å². The molecule has 0 aliphatic rings. The lowest BCUT2D eigenvalue weighted by Crippen LogP contribution is -2.34. The van der Waals surface area contributed by atoms with Crippen LogP contribution in [0.1, 0.15) is 29.5 Å². The summed E-state index contributed by atoms with van der Waals surface area (Å²) >= 11 is 1.58. The van der Waals surface area contributed by atoms with Crippen LogP contribution in [0.3, 0.4) is 0 Å². The lowest BCUT2D eigenvalue weighted by atomic mass is 10.1. The number of nitrogens with zero attached hydrogens (tertiary/aromatic N) is 2. The molecule has 0 saturated carbocycles. The van der Waals surface area contributed by atoms with Gasteiger partial charge in [0.25, 0.3) is 5.91 Å². The molecular weight excluding hydrogens is 272 g/mol. The van der Waals surface area contributed by atoms with Crippen molar-refractivity contribution in [3.05, 3.63) is 52.5 Å². The van der Waals surface area contributed by atoms with Gasteiger partial charge in [-0.05, 0) is 5.56 Å². The first-order valence-corrected chi connectivity index (χ1v) is 7.35. The van der Waals surface area contributed by atoms with Crippen LogP contribution < -0.4 is 0 Å². The van der Waals surface area contributed by atoms with Gasteiger partial charge >= 0.3 is 0 Å². The number of rotatable bonds is 5. The Bertz CT molecular complexity index is 542. The third kappa shape index (κ3) is 3.43. The molecule has 2 aromatic rings. The van der Waals surface area contributed by atoms with Crippen molar-refractivity contribution in [2.45, 2.75) is 18.9 Å². The molecule has 0 unspecified atom stereocenters. The van der Waals surface area contributed by atoms with E-state index in [1.54, 1.807) is 41.6 Å². The Labute approximate surface area is 122 Å². The maximum Gasteiger partial charge on any atom is 0.255 e. The van der Waals surface area contributed by atoms with Crippen LogP contribution in [0.5, 0.6) is 0 Å². The average molecular weight is 290 g/mol. The molecule has 106 valence electrons. The van der Waals surface area contributed by atoms with Gasteiger partial charge < -0.3 is 10.0 Å². The van der Waals surface area contributed by atoms with Gasteiger partial charge in [0.2, 0.25) is 0 Å². The minimum atomic E-state index is -1.11. The minimum Gasteiger partial charge on any atom is -0.378 e. The van der Waals surface area contributed by atoms with Crippen molar-refractivity contribution >= 4 is 17.2 Å². The van der Waals surface area contributed by atoms with Gasteiger partial charge in [0.05, 0.1) is 5.01 Å². The van der Waals surface area contributed by atoms with Crippen molar-refractivity contribution < 1.29 is 9.90 Å². The summed E-state index contributed by atoms with van der Waals surface area (Å²) in [5, 5.41) is 13.0. The van der Waals surface area contributed by atoms with Crippen molar-refractivity contribution in [3.63, 3.8) is 0 Å². The summed E-state index contributed by atoms with van der Waals surface area (Å²) in [5.74, 6) is -0.133. The smallest absolute Gasteiger partial charge is 0.255 e. The van der Waals surface area contributed by atoms with Crippen molar-refractivity contribution in [2.24, 2.45) is 0 Å². The normalized spacial score (nSPS) is 13.8. The maximum absolute atomic E-state index is 12.2. The summed E-state index contributed by atoms with van der Waals surface area (Å²) in [5.41, 5.74) is 0.617. The number of amides is 1. The monoisotopic (exact) mass is 290 g/mol. The Balaban J connectivity index is 1.98. The summed E-state index contributed by atoms with van der Waals surface area (Å²) in [4.78, 5) is 18.0. The van der Waals surface area contributed by atoms with Gasteiger partial charge in [-0.3, -0.25) is 4.79 Å². The molecule has 0 aliphatic carbocycles. The number of aliphatic hydroxyl groups is 1. The van der Waals surface area contributed by atoms with Crippen molar-refractivity contribution in [2.75, 3.05) is 13.6 Å². The van der Waals surface area contributed by atoms with Gasteiger partial charge in [0.15, 0.2) is 6.10 Å². The van der Waals surface area contributed by atoms with Gasteiger partial charge in [-0.1, -0.05) is 37.3 Å². The third-order valence-electron chi connectivity index (χ3n) is 3.15. The van der Waals surface area contributed by atoms with Gasteiger partial charge in [0, 0.05) is 31.1 Å². The number of hydrogen-bond acceptors (Lipinski definition) is 4. The zero-order valence-corrected chi connectivity index (χ0v) is 12.4. The van der Waals surface area contributed by atoms with Crippen LogP contribution in [0.4, 0.5) is 0 Å². The first-order valence-electron chi connectivity index (χ1n) is 6.47. The highest BCUT2D eigenvalue weighted by atomic mass is 32.1. The molecule has 0 saturated heterocycles. The van der Waals surface area contributed by atoms with E-state index in [1.165, 1.54) is 0 Å². The van der Waals surface area contributed by atoms with E-state index in [4.69, 9.17) is 0 Å². The lowest BCUT2D eigenvalue weighted by molar-refractivity contribution is -0.139. The van der Waals surface area contributed by atoms with Gasteiger partial charge in [0.1, 0.15) is 0 Å². The van der Waals surface area contributed by atoms with Crippen LogP contribution in [-0.4, -0.2) is 34.5 Å². The van der Waals surface area contributed by atoms with E-state index in [9.17, 15) is 9.90 Å². The van der Waals surface area contributed by atoms with Crippen LogP contribution in [-0.2, 0) is 4.79 Å². The Morgan fingerprint density at radius 2 is 2.10 bits per heavy atom. The van der Waals surface area contributed by atoms with E-state index >= 15 is 0 Å². The highest BCUT2D eigenvalue weighted by molar-refractivity contribution is 7.09. The van der Waals surface area contributed by atoms with Crippen LogP contribution in [0.2, 0.25) is 0 Å². The fourth-order valence-corrected chi connectivity index (χ4v) is 2.73. The number of benzene rings is 1. The largest absolute Gasteiger partial charge is 0.378 e. The molecule has 1 amide bonds. The second-order valence-electron chi connectivity index (χ2n) is 4.80. The number of carbonyl (C=O) groups is 1. The summed E-state index contributed by atoms with van der Waals surface area (Å²) in [6.45, 7) is 2.56. The molecular formula is C15H18N2O2S. The van der Waals surface area contributed by atoms with E-state index in [2.05, 4.69) is 4.98 Å². The van der Waals surface area contributed by atoms with Gasteiger partial charge in [-0.2, -0.15) is 0 Å². The van der Waals surface area contributed by atoms with E-state index in [0.29, 0.717) is 12.1 Å². The average Bonchev–Trinajstić information content (AvgIpc) is 3.01. The standard InChI is InChI=1S/C15H18N2O2S/c1-11(14-16-8-9-20-14)10-17(2)15(19)13(18)12-6-4-3-5-7-12/h3-9,11,13,18H,10H2,1-2H3/t11-,13-/m1/s1. The second-order valence-corrected chi connectivity index (χ2v) is 5.73. The fraction of sp³-hybridized carbons (Fsp3) is 0.333. The summed E-state index contributed by atoms with van der Waals surface area (Å²) in [6.07, 6.45) is 0.654. The van der Waals surface area contributed by atoms with Crippen molar-refractivity contribution in [3.8, 4) is 0 Å². The zero-order valence-electron chi connectivity index (χ0n) is 11.6. The molecule has 0 fully saturated rings. The van der Waals surface area contributed by atoms with Crippen molar-refractivity contribution in [1.29, 1.82) is 0 Å². The topological polar surface area (TPSA) is 53.4 Å². The predicted molar refractivity (Wildman–Crippen MR) is 79.6 cm³/mol. The molecule has 0 radical (unpaired) electrons. The molecule has 4 nitrogen and oxygen atoms in total. The fourth-order valence-electron chi connectivity index (χ4n) is 2.04. The molecule has 1 N–H and O–H groups in total. The number of hydrogen-bond donors (Lipinski definition) is 1. The molecule has 0 aliphatic heterocycles. The summed E-state index contributed by atoms with van der Waals surface area (Å²) in [6, 6.07) is 8.98. The number of aliphatic hydroxyl groups excluding tert-OH is 1. The molecule has 20 heavy (non-hydrogen) atoms. The molecule has 0 spiro atoms. The molecule has 5 heteroatoms. The van der Waals surface area contributed by atoms with Crippen LogP contribution >= 0.6 is 11.3 Å². The minimum absolute atomic E-state index is 0.159. The Kier molecular flexibility index (Phi) is 4.87. The SMILES string of the molecule is C[C@H](CN(C)C(=O)[C@H](O)c1ccccc1)c1nccs1. The van der Waals surface area contributed by atoms with E-state index < -0.39 is 6.10 Å².